The maximum Gasteiger partial charge on any atom is 0.327 e. The molecule has 0 spiro atoms. The summed E-state index contributed by atoms with van der Waals surface area (Å²) < 4.78 is 5.20. The van der Waals surface area contributed by atoms with Gasteiger partial charge in [-0.05, 0) is 41.8 Å². The first-order valence-corrected chi connectivity index (χ1v) is 7.50. The van der Waals surface area contributed by atoms with Gasteiger partial charge in [-0.2, -0.15) is 0 Å². The van der Waals surface area contributed by atoms with E-state index in [0.717, 1.165) is 17.5 Å². The Hall–Kier alpha value is -1.87. The largest absolute Gasteiger partial charge is 0.465 e. The Morgan fingerprint density at radius 2 is 1.86 bits per heavy atom. The van der Waals surface area contributed by atoms with Gasteiger partial charge in [-0.15, -0.1) is 0 Å². The number of fused-ring (bicyclic) bond motifs is 1. The van der Waals surface area contributed by atoms with Gasteiger partial charge in [0.1, 0.15) is 6.04 Å². The number of benzene rings is 2. The van der Waals surface area contributed by atoms with Gasteiger partial charge in [-0.1, -0.05) is 50.2 Å². The van der Waals surface area contributed by atoms with Gasteiger partial charge in [-0.3, -0.25) is 0 Å². The summed E-state index contributed by atoms with van der Waals surface area (Å²) >= 11 is 0. The zero-order chi connectivity index (χ0) is 15.2. The minimum atomic E-state index is -0.406. The van der Waals surface area contributed by atoms with Gasteiger partial charge in [0.15, 0.2) is 0 Å². The fourth-order valence-electron chi connectivity index (χ4n) is 2.30. The standard InChI is InChI=1S/C18H23NO2/c1-4-21-18(20)17(19-12-13(2)3)16-10-9-14-7-5-6-8-15(14)11-16/h5-11,13,17,19H,4,12H2,1-3H3. The van der Waals surface area contributed by atoms with Gasteiger partial charge < -0.3 is 10.1 Å². The van der Waals surface area contributed by atoms with Gasteiger partial charge in [0.05, 0.1) is 6.61 Å². The first kappa shape index (κ1) is 15.5. The van der Waals surface area contributed by atoms with Crippen LogP contribution in [0.4, 0.5) is 0 Å². The highest BCUT2D eigenvalue weighted by Gasteiger charge is 2.21. The first-order chi connectivity index (χ1) is 10.1. The van der Waals surface area contributed by atoms with Crippen molar-refractivity contribution in [3.63, 3.8) is 0 Å². The van der Waals surface area contributed by atoms with E-state index in [1.807, 2.05) is 31.2 Å². The Labute approximate surface area is 126 Å². The summed E-state index contributed by atoms with van der Waals surface area (Å²) in [6.45, 7) is 7.24. The summed E-state index contributed by atoms with van der Waals surface area (Å²) in [7, 11) is 0. The molecule has 1 atom stereocenters. The van der Waals surface area contributed by atoms with Crippen LogP contribution < -0.4 is 5.32 Å². The van der Waals surface area contributed by atoms with E-state index in [2.05, 4.69) is 37.4 Å². The molecule has 112 valence electrons. The lowest BCUT2D eigenvalue weighted by Gasteiger charge is -2.19. The zero-order valence-corrected chi connectivity index (χ0v) is 12.9. The van der Waals surface area contributed by atoms with Crippen LogP contribution >= 0.6 is 0 Å². The Morgan fingerprint density at radius 1 is 1.14 bits per heavy atom. The summed E-state index contributed by atoms with van der Waals surface area (Å²) in [6.07, 6.45) is 0. The summed E-state index contributed by atoms with van der Waals surface area (Å²) in [6, 6.07) is 13.9. The van der Waals surface area contributed by atoms with E-state index in [4.69, 9.17) is 4.74 Å². The van der Waals surface area contributed by atoms with Crippen LogP contribution in [-0.2, 0) is 9.53 Å². The highest BCUT2D eigenvalue weighted by Crippen LogP contribution is 2.21. The maximum absolute atomic E-state index is 12.2. The molecule has 0 saturated carbocycles. The Kier molecular flexibility index (Phi) is 5.34. The molecule has 3 nitrogen and oxygen atoms in total. The average Bonchev–Trinajstić information content (AvgIpc) is 2.47. The van der Waals surface area contributed by atoms with Crippen LogP contribution in [0.25, 0.3) is 10.8 Å². The lowest BCUT2D eigenvalue weighted by atomic mass is 10.0. The minimum absolute atomic E-state index is 0.214. The molecule has 0 aliphatic rings. The van der Waals surface area contributed by atoms with Crippen LogP contribution in [-0.4, -0.2) is 19.1 Å². The average molecular weight is 285 g/mol. The van der Waals surface area contributed by atoms with Crippen molar-refractivity contribution in [1.82, 2.24) is 5.32 Å². The van der Waals surface area contributed by atoms with Crippen LogP contribution in [0.1, 0.15) is 32.4 Å². The molecule has 0 amide bonds. The molecule has 0 fully saturated rings. The third-order valence-electron chi connectivity index (χ3n) is 3.36. The Balaban J connectivity index is 2.30. The third-order valence-corrected chi connectivity index (χ3v) is 3.36. The van der Waals surface area contributed by atoms with Crippen molar-refractivity contribution in [2.75, 3.05) is 13.2 Å². The summed E-state index contributed by atoms with van der Waals surface area (Å²) in [5.74, 6) is 0.260. The molecule has 2 aromatic carbocycles. The van der Waals surface area contributed by atoms with E-state index in [0.29, 0.717) is 12.5 Å². The molecule has 0 aliphatic carbocycles. The molecule has 3 heteroatoms. The second-order valence-electron chi connectivity index (χ2n) is 5.59. The van der Waals surface area contributed by atoms with Crippen LogP contribution in [0.3, 0.4) is 0 Å². The van der Waals surface area contributed by atoms with Gasteiger partial charge in [0.2, 0.25) is 0 Å². The van der Waals surface area contributed by atoms with E-state index in [1.54, 1.807) is 0 Å². The number of hydrogen-bond donors (Lipinski definition) is 1. The number of nitrogens with one attached hydrogen (secondary N) is 1. The predicted octanol–water partition coefficient (Wildman–Crippen LogP) is 3.69. The number of carbonyl (C=O) groups excluding carboxylic acids is 1. The smallest absolute Gasteiger partial charge is 0.327 e. The highest BCUT2D eigenvalue weighted by atomic mass is 16.5. The van der Waals surface area contributed by atoms with Crippen LogP contribution in [0.15, 0.2) is 42.5 Å². The quantitative estimate of drug-likeness (QED) is 0.823. The van der Waals surface area contributed by atoms with Crippen molar-refractivity contribution in [3.8, 4) is 0 Å². The molecule has 21 heavy (non-hydrogen) atoms. The summed E-state index contributed by atoms with van der Waals surface area (Å²) in [4.78, 5) is 12.2. The number of carbonyl (C=O) groups is 1. The molecule has 0 heterocycles. The molecule has 0 aromatic heterocycles. The maximum atomic E-state index is 12.2. The molecule has 1 N–H and O–H groups in total. The predicted molar refractivity (Wildman–Crippen MR) is 86.2 cm³/mol. The van der Waals surface area contributed by atoms with Crippen molar-refractivity contribution < 1.29 is 9.53 Å². The minimum Gasteiger partial charge on any atom is -0.465 e. The van der Waals surface area contributed by atoms with Crippen LogP contribution in [0, 0.1) is 5.92 Å². The Morgan fingerprint density at radius 3 is 2.52 bits per heavy atom. The molecule has 2 rings (SSSR count). The van der Waals surface area contributed by atoms with Crippen LogP contribution in [0.2, 0.25) is 0 Å². The molecule has 0 aliphatic heterocycles. The molecule has 0 bridgehead atoms. The molecule has 0 radical (unpaired) electrons. The van der Waals surface area contributed by atoms with Gasteiger partial charge >= 0.3 is 5.97 Å². The third kappa shape index (κ3) is 4.05. The monoisotopic (exact) mass is 285 g/mol. The van der Waals surface area contributed by atoms with E-state index < -0.39 is 6.04 Å². The molecular weight excluding hydrogens is 262 g/mol. The zero-order valence-electron chi connectivity index (χ0n) is 12.9. The normalized spacial score (nSPS) is 12.6. The van der Waals surface area contributed by atoms with E-state index in [9.17, 15) is 4.79 Å². The molecule has 0 saturated heterocycles. The highest BCUT2D eigenvalue weighted by molar-refractivity contribution is 5.85. The van der Waals surface area contributed by atoms with Gasteiger partial charge in [0.25, 0.3) is 0 Å². The van der Waals surface area contributed by atoms with E-state index in [-0.39, 0.29) is 5.97 Å². The second-order valence-corrected chi connectivity index (χ2v) is 5.59. The van der Waals surface area contributed by atoms with Crippen LogP contribution in [0.5, 0.6) is 0 Å². The fraction of sp³-hybridized carbons (Fsp3) is 0.389. The van der Waals surface area contributed by atoms with E-state index in [1.165, 1.54) is 5.39 Å². The lowest BCUT2D eigenvalue weighted by Crippen LogP contribution is -2.32. The number of rotatable bonds is 6. The molecule has 1 unspecified atom stereocenters. The van der Waals surface area contributed by atoms with Crippen molar-refractivity contribution in [2.24, 2.45) is 5.92 Å². The Bertz CT molecular complexity index is 607. The summed E-state index contributed by atoms with van der Waals surface area (Å²) in [5, 5.41) is 5.62. The molecule has 2 aromatic rings. The number of esters is 1. The fourth-order valence-corrected chi connectivity index (χ4v) is 2.30. The lowest BCUT2D eigenvalue weighted by molar-refractivity contribution is -0.145. The topological polar surface area (TPSA) is 38.3 Å². The summed E-state index contributed by atoms with van der Waals surface area (Å²) in [5.41, 5.74) is 0.952. The number of ether oxygens (including phenoxy) is 1. The van der Waals surface area contributed by atoms with E-state index >= 15 is 0 Å². The van der Waals surface area contributed by atoms with Crippen molar-refractivity contribution >= 4 is 16.7 Å². The van der Waals surface area contributed by atoms with Crippen molar-refractivity contribution in [2.45, 2.75) is 26.8 Å². The number of hydrogen-bond acceptors (Lipinski definition) is 3. The molecular formula is C18H23NO2. The SMILES string of the molecule is CCOC(=O)C(NCC(C)C)c1ccc2ccccc2c1. The van der Waals surface area contributed by atoms with Gasteiger partial charge in [-0.25, -0.2) is 4.79 Å². The van der Waals surface area contributed by atoms with Crippen molar-refractivity contribution in [1.29, 1.82) is 0 Å². The second kappa shape index (κ2) is 7.23. The first-order valence-electron chi connectivity index (χ1n) is 7.50. The van der Waals surface area contributed by atoms with Gasteiger partial charge in [0, 0.05) is 0 Å². The van der Waals surface area contributed by atoms with Crippen molar-refractivity contribution in [3.05, 3.63) is 48.0 Å².